The van der Waals surface area contributed by atoms with Crippen molar-refractivity contribution in [3.05, 3.63) is 60.3 Å². The number of hydrogen-bond donors (Lipinski definition) is 2. The second-order valence-electron chi connectivity index (χ2n) is 6.15. The molecule has 7 heteroatoms. The van der Waals surface area contributed by atoms with Gasteiger partial charge in [-0.05, 0) is 30.7 Å². The lowest BCUT2D eigenvalue weighted by atomic mass is 10.1. The third-order valence-electron chi connectivity index (χ3n) is 4.20. The van der Waals surface area contributed by atoms with Gasteiger partial charge in [-0.3, -0.25) is 4.79 Å². The molecule has 0 fully saturated rings. The average Bonchev–Trinajstić information content (AvgIpc) is 3.25. The highest BCUT2D eigenvalue weighted by Gasteiger charge is 2.09. The summed E-state index contributed by atoms with van der Waals surface area (Å²) in [6.07, 6.45) is 2.13. The first-order valence-electron chi connectivity index (χ1n) is 8.36. The molecule has 0 spiro atoms. The average molecular weight is 346 g/mol. The molecule has 0 saturated heterocycles. The fourth-order valence-corrected chi connectivity index (χ4v) is 2.93. The Morgan fingerprint density at radius 3 is 2.92 bits per heavy atom. The lowest BCUT2D eigenvalue weighted by Gasteiger charge is -2.04. The molecule has 0 aliphatic carbocycles. The summed E-state index contributed by atoms with van der Waals surface area (Å²) in [7, 11) is 0. The fraction of sp³-hybridized carbons (Fsp3) is 0.158. The molecule has 0 radical (unpaired) electrons. The van der Waals surface area contributed by atoms with E-state index in [1.165, 1.54) is 0 Å². The molecule has 0 aliphatic heterocycles. The number of aromatic nitrogens is 4. The fourth-order valence-electron chi connectivity index (χ4n) is 2.93. The Morgan fingerprint density at radius 2 is 2.00 bits per heavy atom. The van der Waals surface area contributed by atoms with Crippen LogP contribution in [0.3, 0.4) is 0 Å². The number of rotatable bonds is 5. The van der Waals surface area contributed by atoms with Gasteiger partial charge in [-0.15, -0.1) is 5.10 Å². The van der Waals surface area contributed by atoms with E-state index in [1.807, 2.05) is 61.7 Å². The number of carbonyl (C=O) groups is 1. The van der Waals surface area contributed by atoms with Crippen molar-refractivity contribution in [3.63, 3.8) is 0 Å². The Morgan fingerprint density at radius 1 is 1.19 bits per heavy atom. The number of amides is 1. The highest BCUT2D eigenvalue weighted by Crippen LogP contribution is 2.17. The Hall–Kier alpha value is -3.48. The number of aromatic amines is 1. The summed E-state index contributed by atoms with van der Waals surface area (Å²) in [6.45, 7) is 2.32. The maximum Gasteiger partial charge on any atom is 0.244 e. The minimum Gasteiger partial charge on any atom is -0.361 e. The van der Waals surface area contributed by atoms with Crippen molar-refractivity contribution in [2.75, 3.05) is 0 Å². The van der Waals surface area contributed by atoms with Crippen molar-refractivity contribution in [2.24, 2.45) is 5.10 Å². The molecule has 2 heterocycles. The van der Waals surface area contributed by atoms with Gasteiger partial charge in [0.05, 0.1) is 24.2 Å². The van der Waals surface area contributed by atoms with Gasteiger partial charge in [0.25, 0.3) is 0 Å². The first-order valence-corrected chi connectivity index (χ1v) is 8.36. The molecule has 130 valence electrons. The minimum atomic E-state index is -0.155. The van der Waals surface area contributed by atoms with Crippen molar-refractivity contribution >= 4 is 33.6 Å². The SMILES string of the molecule is C/C(Cn1nnc2ccccc21)=N/NC(=O)Cc1c[nH]c2ccccc12. The van der Waals surface area contributed by atoms with E-state index in [1.54, 1.807) is 4.68 Å². The predicted octanol–water partition coefficient (Wildman–Crippen LogP) is 2.65. The lowest BCUT2D eigenvalue weighted by Crippen LogP contribution is -2.22. The number of hydrogen-bond acceptors (Lipinski definition) is 4. The Balaban J connectivity index is 1.41. The van der Waals surface area contributed by atoms with Crippen LogP contribution in [0, 0.1) is 0 Å². The van der Waals surface area contributed by atoms with Crippen molar-refractivity contribution in [1.29, 1.82) is 0 Å². The monoisotopic (exact) mass is 346 g/mol. The van der Waals surface area contributed by atoms with E-state index >= 15 is 0 Å². The van der Waals surface area contributed by atoms with Crippen molar-refractivity contribution in [2.45, 2.75) is 19.9 Å². The highest BCUT2D eigenvalue weighted by molar-refractivity contribution is 5.90. The van der Waals surface area contributed by atoms with Gasteiger partial charge in [0.1, 0.15) is 5.52 Å². The van der Waals surface area contributed by atoms with Gasteiger partial charge in [0.2, 0.25) is 5.91 Å². The van der Waals surface area contributed by atoms with Gasteiger partial charge < -0.3 is 4.98 Å². The van der Waals surface area contributed by atoms with E-state index in [9.17, 15) is 4.79 Å². The normalized spacial score (nSPS) is 12.0. The number of nitrogens with zero attached hydrogens (tertiary/aromatic N) is 4. The van der Waals surface area contributed by atoms with E-state index in [2.05, 4.69) is 25.8 Å². The van der Waals surface area contributed by atoms with E-state index in [-0.39, 0.29) is 12.3 Å². The molecule has 1 amide bonds. The number of carbonyl (C=O) groups excluding carboxylic acids is 1. The molecule has 2 N–H and O–H groups in total. The van der Waals surface area contributed by atoms with Crippen molar-refractivity contribution in [3.8, 4) is 0 Å². The summed E-state index contributed by atoms with van der Waals surface area (Å²) >= 11 is 0. The highest BCUT2D eigenvalue weighted by atomic mass is 16.2. The summed E-state index contributed by atoms with van der Waals surface area (Å²) in [6, 6.07) is 15.6. The van der Waals surface area contributed by atoms with E-state index in [0.717, 1.165) is 33.2 Å². The van der Waals surface area contributed by atoms with Crippen LogP contribution in [0.15, 0.2) is 59.8 Å². The van der Waals surface area contributed by atoms with Crippen LogP contribution in [0.4, 0.5) is 0 Å². The molecule has 2 aromatic heterocycles. The molecule has 0 aliphatic rings. The molecular formula is C19H18N6O. The van der Waals surface area contributed by atoms with Crippen LogP contribution in [0.2, 0.25) is 0 Å². The topological polar surface area (TPSA) is 88.0 Å². The van der Waals surface area contributed by atoms with Crippen LogP contribution >= 0.6 is 0 Å². The summed E-state index contributed by atoms with van der Waals surface area (Å²) in [5.41, 5.74) is 7.11. The maximum atomic E-state index is 12.2. The van der Waals surface area contributed by atoms with Crippen LogP contribution in [-0.4, -0.2) is 31.6 Å². The molecule has 0 bridgehead atoms. The number of H-pyrrole nitrogens is 1. The largest absolute Gasteiger partial charge is 0.361 e. The zero-order chi connectivity index (χ0) is 17.9. The van der Waals surface area contributed by atoms with Crippen molar-refractivity contribution < 1.29 is 4.79 Å². The Labute approximate surface area is 149 Å². The van der Waals surface area contributed by atoms with Gasteiger partial charge in [-0.1, -0.05) is 35.5 Å². The first kappa shape index (κ1) is 16.0. The van der Waals surface area contributed by atoms with E-state index in [4.69, 9.17) is 0 Å². The third kappa shape index (κ3) is 3.19. The zero-order valence-corrected chi connectivity index (χ0v) is 14.3. The number of benzene rings is 2. The molecule has 2 aromatic carbocycles. The molecule has 0 atom stereocenters. The first-order chi connectivity index (χ1) is 12.7. The number of fused-ring (bicyclic) bond motifs is 2. The smallest absolute Gasteiger partial charge is 0.244 e. The van der Waals surface area contributed by atoms with Crippen LogP contribution in [0.5, 0.6) is 0 Å². The van der Waals surface area contributed by atoms with Crippen LogP contribution < -0.4 is 5.43 Å². The number of nitrogens with one attached hydrogen (secondary N) is 2. The van der Waals surface area contributed by atoms with Gasteiger partial charge in [0, 0.05) is 17.1 Å². The Kier molecular flexibility index (Phi) is 4.18. The number of hydrazone groups is 1. The van der Waals surface area contributed by atoms with E-state index < -0.39 is 0 Å². The molecular weight excluding hydrogens is 328 g/mol. The summed E-state index contributed by atoms with van der Waals surface area (Å²) in [4.78, 5) is 15.4. The lowest BCUT2D eigenvalue weighted by molar-refractivity contribution is -0.120. The second-order valence-corrected chi connectivity index (χ2v) is 6.15. The molecule has 7 nitrogen and oxygen atoms in total. The molecule has 4 rings (SSSR count). The maximum absolute atomic E-state index is 12.2. The summed E-state index contributed by atoms with van der Waals surface area (Å²) < 4.78 is 1.76. The number of para-hydroxylation sites is 2. The van der Waals surface area contributed by atoms with Gasteiger partial charge in [-0.25, -0.2) is 10.1 Å². The van der Waals surface area contributed by atoms with Crippen LogP contribution in [0.1, 0.15) is 12.5 Å². The van der Waals surface area contributed by atoms with Gasteiger partial charge >= 0.3 is 0 Å². The van der Waals surface area contributed by atoms with E-state index in [0.29, 0.717) is 6.54 Å². The van der Waals surface area contributed by atoms with Crippen molar-refractivity contribution in [1.82, 2.24) is 25.4 Å². The zero-order valence-electron chi connectivity index (χ0n) is 14.3. The quantitative estimate of drug-likeness (QED) is 0.430. The molecule has 26 heavy (non-hydrogen) atoms. The third-order valence-corrected chi connectivity index (χ3v) is 4.20. The summed E-state index contributed by atoms with van der Waals surface area (Å²) in [5, 5.41) is 13.5. The summed E-state index contributed by atoms with van der Waals surface area (Å²) in [5.74, 6) is -0.155. The van der Waals surface area contributed by atoms with Gasteiger partial charge in [0.15, 0.2) is 0 Å². The van der Waals surface area contributed by atoms with Crippen LogP contribution in [0.25, 0.3) is 21.9 Å². The minimum absolute atomic E-state index is 0.155. The second kappa shape index (κ2) is 6.79. The molecule has 4 aromatic rings. The Bertz CT molecular complexity index is 1110. The predicted molar refractivity (Wildman–Crippen MR) is 101 cm³/mol. The molecule has 0 saturated carbocycles. The van der Waals surface area contributed by atoms with Gasteiger partial charge in [-0.2, -0.15) is 5.10 Å². The standard InChI is InChI=1S/C19H18N6O/c1-13(12-25-18-9-5-4-8-17(18)22-24-25)21-23-19(26)10-14-11-20-16-7-3-2-6-15(14)16/h2-9,11,20H,10,12H2,1H3,(H,23,26)/b21-13-. The molecule has 0 unspecified atom stereocenters. The van der Waals surface area contributed by atoms with Crippen LogP contribution in [-0.2, 0) is 17.8 Å².